The summed E-state index contributed by atoms with van der Waals surface area (Å²) in [6.45, 7) is 1.92. The lowest BCUT2D eigenvalue weighted by molar-refractivity contribution is 0.986. The van der Waals surface area contributed by atoms with Gasteiger partial charge in [0.15, 0.2) is 0 Å². The summed E-state index contributed by atoms with van der Waals surface area (Å²) in [6.07, 6.45) is 6.69. The minimum absolute atomic E-state index is 0.660. The zero-order valence-corrected chi connectivity index (χ0v) is 9.03. The molecule has 2 N–H and O–H groups in total. The molecule has 0 amide bonds. The molecule has 2 rings (SSSR count). The Bertz CT molecular complexity index is 429. The van der Waals surface area contributed by atoms with Crippen molar-refractivity contribution < 1.29 is 0 Å². The first kappa shape index (κ1) is 9.92. The Balaban J connectivity index is 2.30. The number of anilines is 1. The molecule has 0 atom stereocenters. The molecule has 0 aliphatic heterocycles. The second-order valence-electron chi connectivity index (χ2n) is 2.96. The Morgan fingerprint density at radius 1 is 1.20 bits per heavy atom. The van der Waals surface area contributed by atoms with Crippen molar-refractivity contribution in [1.29, 1.82) is 0 Å². The zero-order chi connectivity index (χ0) is 10.7. The third kappa shape index (κ3) is 2.24. The van der Waals surface area contributed by atoms with Gasteiger partial charge in [0, 0.05) is 23.5 Å². The van der Waals surface area contributed by atoms with Gasteiger partial charge in [-0.15, -0.1) is 0 Å². The molecule has 0 spiro atoms. The molecule has 0 aliphatic carbocycles. The highest BCUT2D eigenvalue weighted by molar-refractivity contribution is 7.99. The van der Waals surface area contributed by atoms with Gasteiger partial charge in [0.05, 0.1) is 17.6 Å². The van der Waals surface area contributed by atoms with Crippen LogP contribution in [0, 0.1) is 6.92 Å². The fourth-order valence-corrected chi connectivity index (χ4v) is 1.91. The summed E-state index contributed by atoms with van der Waals surface area (Å²) in [4.78, 5) is 13.3. The first-order valence-corrected chi connectivity index (χ1v) is 5.24. The van der Waals surface area contributed by atoms with Crippen molar-refractivity contribution in [3.8, 4) is 0 Å². The van der Waals surface area contributed by atoms with Crippen molar-refractivity contribution >= 4 is 17.4 Å². The Morgan fingerprint density at radius 3 is 2.73 bits per heavy atom. The van der Waals surface area contributed by atoms with Gasteiger partial charge in [-0.3, -0.25) is 9.97 Å². The van der Waals surface area contributed by atoms with Gasteiger partial charge < -0.3 is 5.73 Å². The van der Waals surface area contributed by atoms with E-state index in [1.54, 1.807) is 24.8 Å². The van der Waals surface area contributed by atoms with Crippen LogP contribution in [0.15, 0.2) is 40.8 Å². The molecule has 0 unspecified atom stereocenters. The predicted octanol–water partition coefficient (Wildman–Crippen LogP) is 1.91. The van der Waals surface area contributed by atoms with Crippen LogP contribution in [-0.2, 0) is 0 Å². The van der Waals surface area contributed by atoms with Gasteiger partial charge in [-0.25, -0.2) is 4.98 Å². The van der Waals surface area contributed by atoms with E-state index in [2.05, 4.69) is 15.0 Å². The second kappa shape index (κ2) is 4.27. The molecule has 0 fully saturated rings. The fraction of sp³-hybridized carbons (Fsp3) is 0.100. The lowest BCUT2D eigenvalue weighted by atomic mass is 10.4. The van der Waals surface area contributed by atoms with Gasteiger partial charge in [-0.1, -0.05) is 11.8 Å². The van der Waals surface area contributed by atoms with E-state index in [0.29, 0.717) is 5.69 Å². The number of nitrogens with two attached hydrogens (primary N) is 1. The van der Waals surface area contributed by atoms with Crippen LogP contribution >= 0.6 is 11.8 Å². The van der Waals surface area contributed by atoms with E-state index in [4.69, 9.17) is 5.73 Å². The molecular formula is C10H10N4S. The molecule has 15 heavy (non-hydrogen) atoms. The highest BCUT2D eigenvalue weighted by Crippen LogP contribution is 2.30. The van der Waals surface area contributed by atoms with E-state index < -0.39 is 0 Å². The highest BCUT2D eigenvalue weighted by atomic mass is 32.2. The van der Waals surface area contributed by atoms with Gasteiger partial charge in [0.25, 0.3) is 0 Å². The summed E-state index contributed by atoms with van der Waals surface area (Å²) >= 11 is 1.50. The van der Waals surface area contributed by atoms with Gasteiger partial charge >= 0.3 is 0 Å². The van der Waals surface area contributed by atoms with E-state index in [1.165, 1.54) is 11.8 Å². The summed E-state index contributed by atoms with van der Waals surface area (Å²) in [5, 5.41) is 0.871. The molecule has 76 valence electrons. The molecular weight excluding hydrogens is 208 g/mol. The molecule has 2 heterocycles. The molecule has 0 radical (unpaired) electrons. The van der Waals surface area contributed by atoms with E-state index in [9.17, 15) is 0 Å². The molecule has 5 heteroatoms. The summed E-state index contributed by atoms with van der Waals surface area (Å²) in [5.41, 5.74) is 7.35. The maximum Gasteiger partial charge on any atom is 0.122 e. The SMILES string of the molecule is Cc1nccnc1Sc1ccncc1N. The predicted molar refractivity (Wildman–Crippen MR) is 59.5 cm³/mol. The van der Waals surface area contributed by atoms with Crippen LogP contribution in [0.25, 0.3) is 0 Å². The number of aryl methyl sites for hydroxylation is 1. The van der Waals surface area contributed by atoms with Crippen LogP contribution in [-0.4, -0.2) is 15.0 Å². The first-order valence-electron chi connectivity index (χ1n) is 4.42. The lowest BCUT2D eigenvalue weighted by Gasteiger charge is -2.04. The zero-order valence-electron chi connectivity index (χ0n) is 8.21. The Labute approximate surface area is 92.0 Å². The highest BCUT2D eigenvalue weighted by Gasteiger charge is 2.05. The fourth-order valence-electron chi connectivity index (χ4n) is 1.09. The molecule has 0 saturated carbocycles. The molecule has 2 aromatic rings. The largest absolute Gasteiger partial charge is 0.397 e. The topological polar surface area (TPSA) is 64.7 Å². The van der Waals surface area contributed by atoms with Crippen LogP contribution in [0.3, 0.4) is 0 Å². The van der Waals surface area contributed by atoms with Crippen molar-refractivity contribution in [1.82, 2.24) is 15.0 Å². The van der Waals surface area contributed by atoms with E-state index in [0.717, 1.165) is 15.6 Å². The van der Waals surface area contributed by atoms with Gasteiger partial charge in [-0.2, -0.15) is 0 Å². The summed E-state index contributed by atoms with van der Waals surface area (Å²) < 4.78 is 0. The van der Waals surface area contributed by atoms with Crippen molar-refractivity contribution in [2.45, 2.75) is 16.8 Å². The molecule has 0 bridgehead atoms. The molecule has 4 nitrogen and oxygen atoms in total. The Hall–Kier alpha value is -1.62. The van der Waals surface area contributed by atoms with Crippen molar-refractivity contribution in [3.63, 3.8) is 0 Å². The van der Waals surface area contributed by atoms with Crippen LogP contribution in [0.5, 0.6) is 0 Å². The Morgan fingerprint density at radius 2 is 2.00 bits per heavy atom. The van der Waals surface area contributed by atoms with Crippen molar-refractivity contribution in [3.05, 3.63) is 36.5 Å². The third-order valence-electron chi connectivity index (χ3n) is 1.85. The van der Waals surface area contributed by atoms with Crippen molar-refractivity contribution in [2.24, 2.45) is 0 Å². The van der Waals surface area contributed by atoms with E-state index >= 15 is 0 Å². The second-order valence-corrected chi connectivity index (χ2v) is 3.99. The number of hydrogen-bond acceptors (Lipinski definition) is 5. The lowest BCUT2D eigenvalue weighted by Crippen LogP contribution is -1.92. The minimum Gasteiger partial charge on any atom is -0.397 e. The maximum absolute atomic E-state index is 5.79. The van der Waals surface area contributed by atoms with Crippen molar-refractivity contribution in [2.75, 3.05) is 5.73 Å². The molecule has 0 saturated heterocycles. The summed E-state index contributed by atoms with van der Waals surface area (Å²) in [7, 11) is 0. The molecule has 0 aliphatic rings. The van der Waals surface area contributed by atoms with Crippen LogP contribution in [0.1, 0.15) is 5.69 Å². The smallest absolute Gasteiger partial charge is 0.122 e. The van der Waals surface area contributed by atoms with E-state index in [1.807, 2.05) is 13.0 Å². The maximum atomic E-state index is 5.79. The summed E-state index contributed by atoms with van der Waals surface area (Å²) in [5.74, 6) is 0. The minimum atomic E-state index is 0.660. The Kier molecular flexibility index (Phi) is 2.82. The average molecular weight is 218 g/mol. The number of hydrogen-bond donors (Lipinski definition) is 1. The number of rotatable bonds is 2. The third-order valence-corrected chi connectivity index (χ3v) is 3.04. The standard InChI is InChI=1S/C10H10N4S/c1-7-10(14-5-4-13-7)15-9-2-3-12-6-8(9)11/h2-6H,11H2,1H3. The number of nitrogen functional groups attached to an aromatic ring is 1. The monoisotopic (exact) mass is 218 g/mol. The molecule has 2 aromatic heterocycles. The number of nitrogens with zero attached hydrogens (tertiary/aromatic N) is 3. The average Bonchev–Trinajstić information content (AvgIpc) is 2.24. The van der Waals surface area contributed by atoms with Crippen LogP contribution in [0.4, 0.5) is 5.69 Å². The summed E-state index contributed by atoms with van der Waals surface area (Å²) in [6, 6.07) is 1.87. The normalized spacial score (nSPS) is 10.2. The number of pyridine rings is 1. The van der Waals surface area contributed by atoms with Gasteiger partial charge in [-0.05, 0) is 13.0 Å². The van der Waals surface area contributed by atoms with Gasteiger partial charge in [0.1, 0.15) is 5.03 Å². The number of aromatic nitrogens is 3. The molecule has 0 aromatic carbocycles. The van der Waals surface area contributed by atoms with E-state index in [-0.39, 0.29) is 0 Å². The first-order chi connectivity index (χ1) is 7.27. The van der Waals surface area contributed by atoms with Gasteiger partial charge in [0.2, 0.25) is 0 Å². The van der Waals surface area contributed by atoms with Crippen LogP contribution < -0.4 is 5.73 Å². The van der Waals surface area contributed by atoms with Crippen LogP contribution in [0.2, 0.25) is 0 Å². The quantitative estimate of drug-likeness (QED) is 0.834.